The van der Waals surface area contributed by atoms with Crippen molar-refractivity contribution in [3.05, 3.63) is 53.0 Å². The van der Waals surface area contributed by atoms with Gasteiger partial charge in [-0.15, -0.1) is 0 Å². The number of rotatable bonds is 5. The van der Waals surface area contributed by atoms with Crippen molar-refractivity contribution in [2.75, 3.05) is 20.2 Å². The Morgan fingerprint density at radius 2 is 1.76 bits per heavy atom. The fourth-order valence-corrected chi connectivity index (χ4v) is 3.87. The summed E-state index contributed by atoms with van der Waals surface area (Å²) in [7, 11) is 1.63. The average molecular weight is 399 g/mol. The number of hydrogen-bond acceptors (Lipinski definition) is 4. The highest BCUT2D eigenvalue weighted by Crippen LogP contribution is 2.29. The Morgan fingerprint density at radius 1 is 1.14 bits per heavy atom. The van der Waals surface area contributed by atoms with Gasteiger partial charge in [-0.05, 0) is 64.3 Å². The second kappa shape index (κ2) is 8.31. The van der Waals surface area contributed by atoms with Crippen molar-refractivity contribution in [1.29, 1.82) is 0 Å². The van der Waals surface area contributed by atoms with Crippen molar-refractivity contribution in [1.82, 2.24) is 10.2 Å². The molecule has 1 aromatic heterocycles. The lowest BCUT2D eigenvalue weighted by atomic mass is 9.82. The Balaban J connectivity index is 1.58. The number of methoxy groups -OCH3 is 1. The van der Waals surface area contributed by atoms with Crippen LogP contribution in [-0.2, 0) is 10.2 Å². The summed E-state index contributed by atoms with van der Waals surface area (Å²) in [4.78, 5) is 27.6. The quantitative estimate of drug-likeness (QED) is 0.835. The lowest BCUT2D eigenvalue weighted by molar-refractivity contribution is -0.137. The molecule has 3 rings (SSSR count). The number of aryl methyl sites for hydroxylation is 2. The minimum atomic E-state index is -0.617. The summed E-state index contributed by atoms with van der Waals surface area (Å²) < 4.78 is 10.7. The minimum absolute atomic E-state index is 0.0604. The maximum atomic E-state index is 13.2. The predicted octanol–water partition coefficient (Wildman–Crippen LogP) is 3.60. The van der Waals surface area contributed by atoms with Crippen molar-refractivity contribution >= 4 is 11.8 Å². The van der Waals surface area contributed by atoms with Crippen molar-refractivity contribution in [3.8, 4) is 5.75 Å². The van der Waals surface area contributed by atoms with Crippen molar-refractivity contribution in [3.63, 3.8) is 0 Å². The van der Waals surface area contributed by atoms with Crippen LogP contribution in [0, 0.1) is 13.8 Å². The molecular formula is C23H30N2O4. The van der Waals surface area contributed by atoms with E-state index in [-0.39, 0.29) is 17.9 Å². The lowest BCUT2D eigenvalue weighted by Crippen LogP contribution is -2.51. The van der Waals surface area contributed by atoms with Crippen molar-refractivity contribution < 1.29 is 18.7 Å². The molecule has 1 aliphatic rings. The lowest BCUT2D eigenvalue weighted by Gasteiger charge is -2.37. The molecule has 0 atom stereocenters. The van der Waals surface area contributed by atoms with Crippen LogP contribution in [0.15, 0.2) is 34.7 Å². The smallest absolute Gasteiger partial charge is 0.255 e. The van der Waals surface area contributed by atoms with Gasteiger partial charge >= 0.3 is 0 Å². The van der Waals surface area contributed by atoms with Gasteiger partial charge in [0.15, 0.2) is 0 Å². The first-order valence-electron chi connectivity index (χ1n) is 10.0. The van der Waals surface area contributed by atoms with E-state index in [2.05, 4.69) is 5.32 Å². The first kappa shape index (κ1) is 21.0. The Labute approximate surface area is 172 Å². The highest BCUT2D eigenvalue weighted by molar-refractivity contribution is 5.95. The number of carbonyl (C=O) groups excluding carboxylic acids is 2. The Kier molecular flexibility index (Phi) is 6.01. The molecule has 6 heteroatoms. The normalized spacial score (nSPS) is 15.3. The number of likely N-dealkylation sites (tertiary alicyclic amines) is 1. The molecule has 0 aliphatic carbocycles. The zero-order valence-electron chi connectivity index (χ0n) is 17.9. The first-order valence-corrected chi connectivity index (χ1v) is 10.0. The molecule has 0 saturated carbocycles. The van der Waals surface area contributed by atoms with Crippen LogP contribution < -0.4 is 10.1 Å². The molecule has 2 aromatic rings. The second-order valence-corrected chi connectivity index (χ2v) is 8.22. The number of nitrogens with one attached hydrogen (secondary N) is 1. The van der Waals surface area contributed by atoms with Gasteiger partial charge in [-0.1, -0.05) is 12.1 Å². The standard InChI is InChI=1S/C23H30N2O4/c1-15-14-20(16(2)29-15)21(26)24-18-10-12-25(13-11-18)22(27)23(3,4)17-6-8-19(28-5)9-7-17/h6-9,14,18H,10-13H2,1-5H3,(H,24,26). The van der Waals surface area contributed by atoms with Crippen molar-refractivity contribution in [2.45, 2.75) is 52.0 Å². The maximum absolute atomic E-state index is 13.2. The first-order chi connectivity index (χ1) is 13.7. The Bertz CT molecular complexity index is 875. The van der Waals surface area contributed by atoms with Gasteiger partial charge in [0.1, 0.15) is 17.3 Å². The molecule has 156 valence electrons. The number of hydrogen-bond donors (Lipinski definition) is 1. The molecule has 6 nitrogen and oxygen atoms in total. The number of ether oxygens (including phenoxy) is 1. The van der Waals surface area contributed by atoms with Gasteiger partial charge in [-0.25, -0.2) is 0 Å². The maximum Gasteiger partial charge on any atom is 0.255 e. The van der Waals surface area contributed by atoms with E-state index >= 15 is 0 Å². The molecule has 0 bridgehead atoms. The highest BCUT2D eigenvalue weighted by Gasteiger charge is 2.35. The van der Waals surface area contributed by atoms with Gasteiger partial charge in [-0.3, -0.25) is 9.59 Å². The van der Waals surface area contributed by atoms with Crippen LogP contribution in [-0.4, -0.2) is 43.0 Å². The summed E-state index contributed by atoms with van der Waals surface area (Å²) >= 11 is 0. The number of furan rings is 1. The number of benzene rings is 1. The molecule has 1 fully saturated rings. The number of amides is 2. The van der Waals surface area contributed by atoms with Gasteiger partial charge in [0, 0.05) is 19.1 Å². The predicted molar refractivity (Wildman–Crippen MR) is 111 cm³/mol. The van der Waals surface area contributed by atoms with Gasteiger partial charge in [-0.2, -0.15) is 0 Å². The number of nitrogens with zero attached hydrogens (tertiary/aromatic N) is 1. The fourth-order valence-electron chi connectivity index (χ4n) is 3.87. The topological polar surface area (TPSA) is 71.8 Å². The zero-order valence-corrected chi connectivity index (χ0v) is 17.9. The van der Waals surface area contributed by atoms with E-state index in [1.807, 2.05) is 49.9 Å². The van der Waals surface area contributed by atoms with Crippen LogP contribution in [0.4, 0.5) is 0 Å². The summed E-state index contributed by atoms with van der Waals surface area (Å²) in [6.45, 7) is 8.80. The van der Waals surface area contributed by atoms with E-state index in [9.17, 15) is 9.59 Å². The van der Waals surface area contributed by atoms with Crippen LogP contribution in [0.2, 0.25) is 0 Å². The van der Waals surface area contributed by atoms with E-state index in [0.717, 1.165) is 29.9 Å². The Morgan fingerprint density at radius 3 is 2.28 bits per heavy atom. The summed E-state index contributed by atoms with van der Waals surface area (Å²) in [6, 6.07) is 9.47. The summed E-state index contributed by atoms with van der Waals surface area (Å²) in [5.41, 5.74) is 0.930. The van der Waals surface area contributed by atoms with Gasteiger partial charge in [0.2, 0.25) is 5.91 Å². The van der Waals surface area contributed by atoms with Crippen LogP contribution in [0.3, 0.4) is 0 Å². The average Bonchev–Trinajstić information content (AvgIpc) is 3.06. The molecule has 0 spiro atoms. The molecule has 0 unspecified atom stereocenters. The molecule has 1 saturated heterocycles. The second-order valence-electron chi connectivity index (χ2n) is 8.22. The van der Waals surface area contributed by atoms with Crippen molar-refractivity contribution in [2.24, 2.45) is 0 Å². The van der Waals surface area contributed by atoms with Crippen LogP contribution in [0.25, 0.3) is 0 Å². The summed E-state index contributed by atoms with van der Waals surface area (Å²) in [5, 5.41) is 3.08. The molecule has 2 heterocycles. The van der Waals surface area contributed by atoms with Crippen LogP contribution in [0.5, 0.6) is 5.75 Å². The van der Waals surface area contributed by atoms with E-state index < -0.39 is 5.41 Å². The molecule has 1 aromatic carbocycles. The van der Waals surface area contributed by atoms with Gasteiger partial charge < -0.3 is 19.4 Å². The zero-order chi connectivity index (χ0) is 21.2. The monoisotopic (exact) mass is 398 g/mol. The summed E-state index contributed by atoms with van der Waals surface area (Å²) in [5.74, 6) is 2.13. The highest BCUT2D eigenvalue weighted by atomic mass is 16.5. The third-order valence-corrected chi connectivity index (χ3v) is 5.75. The third kappa shape index (κ3) is 4.47. The van der Waals surface area contributed by atoms with Gasteiger partial charge in [0.25, 0.3) is 5.91 Å². The molecule has 0 radical (unpaired) electrons. The minimum Gasteiger partial charge on any atom is -0.497 e. The van der Waals surface area contributed by atoms with E-state index in [1.165, 1.54) is 0 Å². The number of piperidine rings is 1. The largest absolute Gasteiger partial charge is 0.497 e. The fraction of sp³-hybridized carbons (Fsp3) is 0.478. The van der Waals surface area contributed by atoms with E-state index in [1.54, 1.807) is 20.1 Å². The van der Waals surface area contributed by atoms with Gasteiger partial charge in [0.05, 0.1) is 18.1 Å². The molecular weight excluding hydrogens is 368 g/mol. The van der Waals surface area contributed by atoms with Crippen LogP contribution >= 0.6 is 0 Å². The van der Waals surface area contributed by atoms with E-state index in [0.29, 0.717) is 24.4 Å². The molecule has 1 aliphatic heterocycles. The molecule has 2 amide bonds. The SMILES string of the molecule is COc1ccc(C(C)(C)C(=O)N2CCC(NC(=O)c3cc(C)oc3C)CC2)cc1. The summed E-state index contributed by atoms with van der Waals surface area (Å²) in [6.07, 6.45) is 1.48. The molecule has 29 heavy (non-hydrogen) atoms. The van der Waals surface area contributed by atoms with Crippen LogP contribution in [0.1, 0.15) is 54.1 Å². The Hall–Kier alpha value is -2.76. The van der Waals surface area contributed by atoms with E-state index in [4.69, 9.17) is 9.15 Å². The number of carbonyl (C=O) groups is 2. The molecule has 1 N–H and O–H groups in total. The third-order valence-electron chi connectivity index (χ3n) is 5.75.